The van der Waals surface area contributed by atoms with Crippen LogP contribution in [0.4, 0.5) is 47.2 Å². The molecule has 228 valence electrons. The first-order valence-corrected chi connectivity index (χ1v) is 12.9. The topological polar surface area (TPSA) is 76.4 Å². The number of halogens is 7. The standard InChI is InChI=1S/C27H29F7N6O2/c1-15-9-17-7-6-8-22(40(24(41)42-25(2,3)4)21(17)13-20(15)27(32,33)34)39(23-35-37-38(5)36-23)14-16-10-18(26(29,30)31)12-19(28)11-16/h9-13,22H,6-8,14H2,1-5H3. The molecule has 0 saturated carbocycles. The van der Waals surface area contributed by atoms with Crippen molar-refractivity contribution in [3.63, 3.8) is 0 Å². The van der Waals surface area contributed by atoms with Crippen LogP contribution in [-0.4, -0.2) is 38.1 Å². The summed E-state index contributed by atoms with van der Waals surface area (Å²) in [4.78, 5) is 17.2. The quantitative estimate of drug-likeness (QED) is 0.306. The Morgan fingerprint density at radius 3 is 2.31 bits per heavy atom. The fourth-order valence-electron chi connectivity index (χ4n) is 4.88. The predicted molar refractivity (Wildman–Crippen MR) is 138 cm³/mol. The fraction of sp³-hybridized carbons (Fsp3) is 0.481. The highest BCUT2D eigenvalue weighted by molar-refractivity contribution is 5.91. The molecular weight excluding hydrogens is 573 g/mol. The number of hydrogen-bond acceptors (Lipinski definition) is 6. The Balaban J connectivity index is 1.92. The second-order valence-corrected chi connectivity index (χ2v) is 11.1. The molecule has 0 bridgehead atoms. The molecule has 42 heavy (non-hydrogen) atoms. The molecule has 1 aliphatic rings. The second kappa shape index (κ2) is 11.1. The molecule has 2 heterocycles. The lowest BCUT2D eigenvalue weighted by atomic mass is 9.99. The van der Waals surface area contributed by atoms with Crippen LogP contribution in [0.1, 0.15) is 61.4 Å². The Morgan fingerprint density at radius 2 is 1.74 bits per heavy atom. The van der Waals surface area contributed by atoms with Gasteiger partial charge in [0.25, 0.3) is 5.95 Å². The van der Waals surface area contributed by atoms with Gasteiger partial charge in [0.2, 0.25) is 0 Å². The minimum Gasteiger partial charge on any atom is -0.443 e. The van der Waals surface area contributed by atoms with Crippen molar-refractivity contribution >= 4 is 17.7 Å². The Hall–Kier alpha value is -3.91. The zero-order valence-corrected chi connectivity index (χ0v) is 23.4. The van der Waals surface area contributed by atoms with Gasteiger partial charge in [-0.25, -0.2) is 9.18 Å². The number of nitrogens with zero attached hydrogens (tertiary/aromatic N) is 6. The first-order valence-electron chi connectivity index (χ1n) is 12.9. The van der Waals surface area contributed by atoms with E-state index in [1.165, 1.54) is 24.9 Å². The van der Waals surface area contributed by atoms with Gasteiger partial charge in [0.15, 0.2) is 0 Å². The van der Waals surface area contributed by atoms with E-state index >= 15 is 0 Å². The van der Waals surface area contributed by atoms with Crippen molar-refractivity contribution in [3.05, 3.63) is 64.0 Å². The number of amides is 1. The van der Waals surface area contributed by atoms with Crippen molar-refractivity contribution in [1.29, 1.82) is 0 Å². The molecule has 4 rings (SSSR count). The summed E-state index contributed by atoms with van der Waals surface area (Å²) in [5, 5.41) is 11.9. The maximum absolute atomic E-state index is 14.3. The molecule has 1 aliphatic heterocycles. The van der Waals surface area contributed by atoms with E-state index in [0.29, 0.717) is 24.5 Å². The van der Waals surface area contributed by atoms with Crippen LogP contribution < -0.4 is 9.80 Å². The van der Waals surface area contributed by atoms with Gasteiger partial charge >= 0.3 is 18.4 Å². The molecular formula is C27H29F7N6O2. The van der Waals surface area contributed by atoms with Gasteiger partial charge in [0.1, 0.15) is 17.6 Å². The third-order valence-electron chi connectivity index (χ3n) is 6.54. The Bertz CT molecular complexity index is 1460. The van der Waals surface area contributed by atoms with Gasteiger partial charge in [0.05, 0.1) is 23.9 Å². The van der Waals surface area contributed by atoms with E-state index < -0.39 is 53.7 Å². The number of ether oxygens (including phenoxy) is 1. The molecule has 0 radical (unpaired) electrons. The minimum atomic E-state index is -4.85. The summed E-state index contributed by atoms with van der Waals surface area (Å²) in [6.45, 7) is 5.64. The summed E-state index contributed by atoms with van der Waals surface area (Å²) < 4.78 is 102. The van der Waals surface area contributed by atoms with Crippen LogP contribution in [0.25, 0.3) is 0 Å². The summed E-state index contributed by atoms with van der Waals surface area (Å²) in [6, 6.07) is 4.24. The molecule has 1 unspecified atom stereocenters. The van der Waals surface area contributed by atoms with E-state index in [4.69, 9.17) is 4.74 Å². The van der Waals surface area contributed by atoms with Crippen LogP contribution in [-0.2, 0) is 37.1 Å². The van der Waals surface area contributed by atoms with Crippen LogP contribution >= 0.6 is 0 Å². The molecule has 0 N–H and O–H groups in total. The highest BCUT2D eigenvalue weighted by Gasteiger charge is 2.41. The third kappa shape index (κ3) is 6.93. The third-order valence-corrected chi connectivity index (χ3v) is 6.54. The number of anilines is 2. The first kappa shape index (κ1) is 31.0. The molecule has 8 nitrogen and oxygen atoms in total. The number of aryl methyl sites for hydroxylation is 3. The van der Waals surface area contributed by atoms with Crippen molar-refractivity contribution in [2.75, 3.05) is 9.80 Å². The lowest BCUT2D eigenvalue weighted by Gasteiger charge is -2.39. The van der Waals surface area contributed by atoms with Crippen molar-refractivity contribution in [2.45, 2.75) is 77.6 Å². The minimum absolute atomic E-state index is 0.0317. The molecule has 1 amide bonds. The summed E-state index contributed by atoms with van der Waals surface area (Å²) in [5.74, 6) is -1.28. The number of benzene rings is 2. The first-order chi connectivity index (χ1) is 19.3. The average molecular weight is 603 g/mol. The molecule has 3 aromatic rings. The summed E-state index contributed by atoms with van der Waals surface area (Å²) in [7, 11) is 1.44. The summed E-state index contributed by atoms with van der Waals surface area (Å²) in [6.07, 6.45) is -10.9. The van der Waals surface area contributed by atoms with E-state index in [-0.39, 0.29) is 29.2 Å². The largest absolute Gasteiger partial charge is 0.443 e. The van der Waals surface area contributed by atoms with Crippen molar-refractivity contribution in [1.82, 2.24) is 20.2 Å². The van der Waals surface area contributed by atoms with Gasteiger partial charge in [-0.15, -0.1) is 5.10 Å². The van der Waals surface area contributed by atoms with E-state index in [2.05, 4.69) is 15.4 Å². The highest BCUT2D eigenvalue weighted by atomic mass is 19.4. The van der Waals surface area contributed by atoms with Crippen molar-refractivity contribution < 1.29 is 40.3 Å². The number of carbonyl (C=O) groups excluding carboxylic acids is 1. The maximum Gasteiger partial charge on any atom is 0.416 e. The van der Waals surface area contributed by atoms with Crippen LogP contribution in [0.15, 0.2) is 30.3 Å². The van der Waals surface area contributed by atoms with E-state index in [1.807, 2.05) is 0 Å². The second-order valence-electron chi connectivity index (χ2n) is 11.1. The molecule has 1 atom stereocenters. The fourth-order valence-corrected chi connectivity index (χ4v) is 4.88. The number of alkyl halides is 6. The number of tetrazole rings is 1. The number of hydrogen-bond donors (Lipinski definition) is 0. The molecule has 0 fully saturated rings. The smallest absolute Gasteiger partial charge is 0.416 e. The Morgan fingerprint density at radius 1 is 1.05 bits per heavy atom. The number of carbonyl (C=O) groups is 1. The Labute approximate surface area is 237 Å². The van der Waals surface area contributed by atoms with Gasteiger partial charge in [0, 0.05) is 6.54 Å². The van der Waals surface area contributed by atoms with Gasteiger partial charge in [-0.05, 0) is 93.1 Å². The van der Waals surface area contributed by atoms with Crippen LogP contribution in [0, 0.1) is 12.7 Å². The van der Waals surface area contributed by atoms with E-state index in [1.54, 1.807) is 20.8 Å². The number of fused-ring (bicyclic) bond motifs is 1. The lowest BCUT2D eigenvalue weighted by Crippen LogP contribution is -2.53. The van der Waals surface area contributed by atoms with Gasteiger partial charge in [-0.3, -0.25) is 4.90 Å². The van der Waals surface area contributed by atoms with E-state index in [0.717, 1.165) is 27.9 Å². The van der Waals surface area contributed by atoms with Gasteiger partial charge < -0.3 is 9.64 Å². The van der Waals surface area contributed by atoms with Crippen molar-refractivity contribution in [3.8, 4) is 0 Å². The average Bonchev–Trinajstić information content (AvgIpc) is 3.16. The highest BCUT2D eigenvalue weighted by Crippen LogP contribution is 2.41. The zero-order chi connectivity index (χ0) is 31.2. The summed E-state index contributed by atoms with van der Waals surface area (Å²) in [5.41, 5.74) is -3.03. The lowest BCUT2D eigenvalue weighted by molar-refractivity contribution is -0.138. The monoisotopic (exact) mass is 602 g/mol. The SMILES string of the molecule is Cc1cc2c(cc1C(F)(F)F)N(C(=O)OC(C)(C)C)C(N(Cc1cc(F)cc(C(F)(F)F)c1)c1nnn(C)n1)CCC2. The van der Waals surface area contributed by atoms with Gasteiger partial charge in [-0.2, -0.15) is 31.1 Å². The van der Waals surface area contributed by atoms with Crippen molar-refractivity contribution in [2.24, 2.45) is 7.05 Å². The predicted octanol–water partition coefficient (Wildman–Crippen LogP) is 6.81. The zero-order valence-electron chi connectivity index (χ0n) is 23.4. The normalized spacial score (nSPS) is 16.2. The Kier molecular flexibility index (Phi) is 8.17. The van der Waals surface area contributed by atoms with Crippen LogP contribution in [0.5, 0.6) is 0 Å². The van der Waals surface area contributed by atoms with Crippen LogP contribution in [0.2, 0.25) is 0 Å². The maximum atomic E-state index is 14.3. The number of rotatable bonds is 4. The van der Waals surface area contributed by atoms with Gasteiger partial charge in [-0.1, -0.05) is 11.2 Å². The molecule has 2 aromatic carbocycles. The molecule has 15 heteroatoms. The summed E-state index contributed by atoms with van der Waals surface area (Å²) >= 11 is 0. The molecule has 1 aromatic heterocycles. The van der Waals surface area contributed by atoms with Crippen LogP contribution in [0.3, 0.4) is 0 Å². The number of aromatic nitrogens is 4. The molecule has 0 saturated heterocycles. The van der Waals surface area contributed by atoms with E-state index in [9.17, 15) is 35.5 Å². The molecule has 0 spiro atoms. The molecule has 0 aliphatic carbocycles.